The van der Waals surface area contributed by atoms with Gasteiger partial charge in [-0.15, -0.1) is 0 Å². The van der Waals surface area contributed by atoms with Crippen molar-refractivity contribution in [2.45, 2.75) is 30.7 Å². The van der Waals surface area contributed by atoms with Crippen LogP contribution in [0.5, 0.6) is 0 Å². The number of nitrogens with zero attached hydrogens (tertiary/aromatic N) is 1. The Morgan fingerprint density at radius 1 is 1.29 bits per heavy atom. The lowest BCUT2D eigenvalue weighted by Crippen LogP contribution is -2.30. The molecule has 116 valence electrons. The van der Waals surface area contributed by atoms with Crippen LogP contribution in [0.15, 0.2) is 23.1 Å². The molecule has 2 unspecified atom stereocenters. The van der Waals surface area contributed by atoms with Crippen LogP contribution in [0.1, 0.15) is 24.8 Å². The molecule has 21 heavy (non-hydrogen) atoms. The third-order valence-electron chi connectivity index (χ3n) is 4.69. The third kappa shape index (κ3) is 2.72. The zero-order chi connectivity index (χ0) is 15.0. The van der Waals surface area contributed by atoms with E-state index >= 15 is 0 Å². The highest BCUT2D eigenvalue weighted by Gasteiger charge is 2.42. The van der Waals surface area contributed by atoms with Gasteiger partial charge in [0.1, 0.15) is 10.7 Å². The number of benzene rings is 1. The molecule has 1 aliphatic heterocycles. The maximum Gasteiger partial charge on any atom is 0.246 e. The van der Waals surface area contributed by atoms with E-state index < -0.39 is 15.8 Å². The lowest BCUT2D eigenvalue weighted by molar-refractivity contribution is 0.440. The highest BCUT2D eigenvalue weighted by molar-refractivity contribution is 7.89. The van der Waals surface area contributed by atoms with Crippen molar-refractivity contribution in [1.82, 2.24) is 9.62 Å². The van der Waals surface area contributed by atoms with Crippen LogP contribution < -0.4 is 5.32 Å². The maximum absolute atomic E-state index is 14.2. The van der Waals surface area contributed by atoms with E-state index in [2.05, 4.69) is 5.32 Å². The van der Waals surface area contributed by atoms with Crippen LogP contribution in [0.25, 0.3) is 0 Å². The van der Waals surface area contributed by atoms with Gasteiger partial charge in [-0.25, -0.2) is 12.8 Å². The molecule has 0 bridgehead atoms. The Balaban J connectivity index is 1.85. The quantitative estimate of drug-likeness (QED) is 0.925. The molecule has 1 saturated heterocycles. The lowest BCUT2D eigenvalue weighted by Gasteiger charge is -2.18. The van der Waals surface area contributed by atoms with Gasteiger partial charge in [0, 0.05) is 19.6 Å². The van der Waals surface area contributed by atoms with Crippen molar-refractivity contribution in [2.24, 2.45) is 11.8 Å². The molecule has 6 heteroatoms. The molecule has 2 fully saturated rings. The summed E-state index contributed by atoms with van der Waals surface area (Å²) in [5, 5.41) is 2.92. The lowest BCUT2D eigenvalue weighted by atomic mass is 10.0. The standard InChI is InChI=1S/C15H21FN2O2S/c1-17-8-11-5-6-15(14(16)7-11)21(19,20)18-9-12-3-2-4-13(12)10-18/h5-7,12-13,17H,2-4,8-10H2,1H3. The summed E-state index contributed by atoms with van der Waals surface area (Å²) < 4.78 is 40.9. The summed E-state index contributed by atoms with van der Waals surface area (Å²) >= 11 is 0. The molecule has 1 N–H and O–H groups in total. The van der Waals surface area contributed by atoms with Gasteiger partial charge in [-0.1, -0.05) is 12.5 Å². The molecule has 0 spiro atoms. The predicted molar refractivity (Wildman–Crippen MR) is 78.8 cm³/mol. The van der Waals surface area contributed by atoms with E-state index in [1.165, 1.54) is 22.9 Å². The largest absolute Gasteiger partial charge is 0.316 e. The normalized spacial score (nSPS) is 26.2. The van der Waals surface area contributed by atoms with Gasteiger partial charge in [0.25, 0.3) is 0 Å². The van der Waals surface area contributed by atoms with Gasteiger partial charge in [-0.05, 0) is 49.4 Å². The van der Waals surface area contributed by atoms with Crippen molar-refractivity contribution in [3.05, 3.63) is 29.6 Å². The number of hydrogen-bond acceptors (Lipinski definition) is 3. The zero-order valence-electron chi connectivity index (χ0n) is 12.2. The van der Waals surface area contributed by atoms with E-state index in [0.29, 0.717) is 31.5 Å². The first-order chi connectivity index (χ1) is 10.0. The van der Waals surface area contributed by atoms with E-state index in [0.717, 1.165) is 18.4 Å². The van der Waals surface area contributed by atoms with Crippen molar-refractivity contribution in [3.63, 3.8) is 0 Å². The van der Waals surface area contributed by atoms with E-state index in [9.17, 15) is 12.8 Å². The molecular formula is C15H21FN2O2S. The fourth-order valence-corrected chi connectivity index (χ4v) is 5.19. The molecule has 0 aromatic heterocycles. The average Bonchev–Trinajstić information content (AvgIpc) is 2.99. The SMILES string of the molecule is CNCc1ccc(S(=O)(=O)N2CC3CCCC3C2)c(F)c1. The maximum atomic E-state index is 14.2. The summed E-state index contributed by atoms with van der Waals surface area (Å²) in [6.45, 7) is 1.61. The number of fused-ring (bicyclic) bond motifs is 1. The fourth-order valence-electron chi connectivity index (χ4n) is 3.59. The monoisotopic (exact) mass is 312 g/mol. The first-order valence-electron chi connectivity index (χ1n) is 7.45. The van der Waals surface area contributed by atoms with Crippen LogP contribution in [0.2, 0.25) is 0 Å². The summed E-state index contributed by atoms with van der Waals surface area (Å²) in [5.41, 5.74) is 0.743. The number of rotatable bonds is 4. The molecule has 0 amide bonds. The second-order valence-electron chi connectivity index (χ2n) is 6.07. The topological polar surface area (TPSA) is 49.4 Å². The van der Waals surface area contributed by atoms with Gasteiger partial charge in [0.05, 0.1) is 0 Å². The second-order valence-corrected chi connectivity index (χ2v) is 7.97. The van der Waals surface area contributed by atoms with Crippen molar-refractivity contribution in [3.8, 4) is 0 Å². The third-order valence-corrected chi connectivity index (χ3v) is 6.55. The van der Waals surface area contributed by atoms with E-state index in [1.807, 2.05) is 0 Å². The summed E-state index contributed by atoms with van der Waals surface area (Å²) in [5.74, 6) is 0.276. The molecule has 1 saturated carbocycles. The smallest absolute Gasteiger partial charge is 0.246 e. The Morgan fingerprint density at radius 2 is 1.95 bits per heavy atom. The van der Waals surface area contributed by atoms with Crippen LogP contribution in [0.3, 0.4) is 0 Å². The Morgan fingerprint density at radius 3 is 2.52 bits per heavy atom. The molecule has 1 aromatic carbocycles. The first-order valence-corrected chi connectivity index (χ1v) is 8.89. The number of sulfonamides is 1. The van der Waals surface area contributed by atoms with Crippen molar-refractivity contribution in [2.75, 3.05) is 20.1 Å². The Hall–Kier alpha value is -0.980. The minimum absolute atomic E-state index is 0.192. The number of nitrogens with one attached hydrogen (secondary N) is 1. The van der Waals surface area contributed by atoms with E-state index in [4.69, 9.17) is 0 Å². The highest BCUT2D eigenvalue weighted by Crippen LogP contribution is 2.40. The van der Waals surface area contributed by atoms with Crippen molar-refractivity contribution >= 4 is 10.0 Å². The van der Waals surface area contributed by atoms with Gasteiger partial charge < -0.3 is 5.32 Å². The molecule has 1 aliphatic carbocycles. The summed E-state index contributed by atoms with van der Waals surface area (Å²) in [6.07, 6.45) is 3.39. The van der Waals surface area contributed by atoms with Gasteiger partial charge in [-0.3, -0.25) is 0 Å². The fraction of sp³-hybridized carbons (Fsp3) is 0.600. The zero-order valence-corrected chi connectivity index (χ0v) is 13.0. The molecule has 2 atom stereocenters. The predicted octanol–water partition coefficient (Wildman–Crippen LogP) is 1.97. The molecule has 2 aliphatic rings. The Labute approximate surface area is 125 Å². The van der Waals surface area contributed by atoms with Crippen molar-refractivity contribution in [1.29, 1.82) is 0 Å². The van der Waals surface area contributed by atoms with Gasteiger partial charge in [-0.2, -0.15) is 4.31 Å². The van der Waals surface area contributed by atoms with Crippen LogP contribution in [0, 0.1) is 17.7 Å². The molecular weight excluding hydrogens is 291 g/mol. The van der Waals surface area contributed by atoms with E-state index in [1.54, 1.807) is 13.1 Å². The molecule has 1 heterocycles. The summed E-state index contributed by atoms with van der Waals surface area (Å²) in [7, 11) is -1.94. The van der Waals surface area contributed by atoms with Crippen LogP contribution >= 0.6 is 0 Å². The first kappa shape index (κ1) is 14.9. The Kier molecular flexibility index (Phi) is 4.03. The van der Waals surface area contributed by atoms with Crippen LogP contribution in [0.4, 0.5) is 4.39 Å². The van der Waals surface area contributed by atoms with Crippen LogP contribution in [-0.4, -0.2) is 32.9 Å². The highest BCUT2D eigenvalue weighted by atomic mass is 32.2. The summed E-state index contributed by atoms with van der Waals surface area (Å²) in [6, 6.07) is 4.37. The van der Waals surface area contributed by atoms with E-state index in [-0.39, 0.29) is 4.90 Å². The molecule has 0 radical (unpaired) electrons. The van der Waals surface area contributed by atoms with Crippen molar-refractivity contribution < 1.29 is 12.8 Å². The van der Waals surface area contributed by atoms with Gasteiger partial charge in [0.15, 0.2) is 0 Å². The minimum atomic E-state index is -3.71. The van der Waals surface area contributed by atoms with Gasteiger partial charge in [0.2, 0.25) is 10.0 Å². The number of halogens is 1. The molecule has 4 nitrogen and oxygen atoms in total. The number of hydrogen-bond donors (Lipinski definition) is 1. The molecule has 1 aromatic rings. The van der Waals surface area contributed by atoms with Gasteiger partial charge >= 0.3 is 0 Å². The molecule has 3 rings (SSSR count). The second kappa shape index (κ2) is 5.66. The minimum Gasteiger partial charge on any atom is -0.316 e. The average molecular weight is 312 g/mol. The Bertz CT molecular complexity index is 621. The summed E-state index contributed by atoms with van der Waals surface area (Å²) in [4.78, 5) is -0.192. The van der Waals surface area contributed by atoms with Crippen LogP contribution in [-0.2, 0) is 16.6 Å².